The van der Waals surface area contributed by atoms with Crippen LogP contribution < -0.4 is 15.2 Å². The summed E-state index contributed by atoms with van der Waals surface area (Å²) in [7, 11) is 0. The Balaban J connectivity index is 2.21. The molecule has 0 aromatic heterocycles. The van der Waals surface area contributed by atoms with E-state index in [1.807, 2.05) is 18.2 Å². The number of phenolic OH excluding ortho intramolecular Hbond substituents is 1. The lowest BCUT2D eigenvalue weighted by Gasteiger charge is -2.08. The summed E-state index contributed by atoms with van der Waals surface area (Å²) in [4.78, 5) is 0. The second kappa shape index (κ2) is 3.91. The number of benzene rings is 1. The Labute approximate surface area is 106 Å². The van der Waals surface area contributed by atoms with Crippen LogP contribution in [0.15, 0.2) is 48.8 Å². The van der Waals surface area contributed by atoms with E-state index >= 15 is 0 Å². The zero-order chi connectivity index (χ0) is 12.7. The highest BCUT2D eigenvalue weighted by Gasteiger charge is 2.17. The van der Waals surface area contributed by atoms with Gasteiger partial charge in [-0.15, -0.1) is 0 Å². The molecule has 1 N–H and O–H groups in total. The fourth-order valence-electron chi connectivity index (χ4n) is 2.41. The topological polar surface area (TPSA) is 29.5 Å². The molecule has 0 amide bonds. The second-order valence-corrected chi connectivity index (χ2v) is 4.60. The number of hydrogen-bond acceptors (Lipinski definition) is 2. The highest BCUT2D eigenvalue weighted by molar-refractivity contribution is 5.75. The van der Waals surface area contributed by atoms with Gasteiger partial charge in [-0.3, -0.25) is 0 Å². The third kappa shape index (κ3) is 1.66. The molecular formula is C16H14O2. The molecule has 0 aliphatic heterocycles. The molecule has 1 aromatic rings. The lowest BCUT2D eigenvalue weighted by Crippen LogP contribution is -2.22. The van der Waals surface area contributed by atoms with E-state index in [4.69, 9.17) is 4.74 Å². The summed E-state index contributed by atoms with van der Waals surface area (Å²) in [5, 5.41) is 12.2. The van der Waals surface area contributed by atoms with Crippen molar-refractivity contribution >= 4 is 11.6 Å². The van der Waals surface area contributed by atoms with Crippen molar-refractivity contribution < 1.29 is 9.84 Å². The minimum absolute atomic E-state index is 0.154. The van der Waals surface area contributed by atoms with Crippen LogP contribution in [-0.4, -0.2) is 5.11 Å². The van der Waals surface area contributed by atoms with Crippen molar-refractivity contribution in [3.8, 4) is 11.5 Å². The molecule has 1 atom stereocenters. The Morgan fingerprint density at radius 3 is 2.94 bits per heavy atom. The van der Waals surface area contributed by atoms with Crippen molar-refractivity contribution in [1.82, 2.24) is 0 Å². The molecule has 2 nitrogen and oxygen atoms in total. The number of phenols is 1. The molecule has 0 saturated heterocycles. The van der Waals surface area contributed by atoms with E-state index in [1.54, 1.807) is 13.0 Å². The molecule has 2 aliphatic carbocycles. The van der Waals surface area contributed by atoms with Gasteiger partial charge in [0.25, 0.3) is 0 Å². The summed E-state index contributed by atoms with van der Waals surface area (Å²) in [5.41, 5.74) is 1.23. The van der Waals surface area contributed by atoms with Crippen LogP contribution in [0.2, 0.25) is 0 Å². The monoisotopic (exact) mass is 238 g/mol. The summed E-state index contributed by atoms with van der Waals surface area (Å²) in [6.07, 6.45) is 10.5. The third-order valence-corrected chi connectivity index (χ3v) is 3.15. The lowest BCUT2D eigenvalue weighted by atomic mass is 9.97. The van der Waals surface area contributed by atoms with E-state index in [2.05, 4.69) is 24.8 Å². The van der Waals surface area contributed by atoms with E-state index in [0.29, 0.717) is 17.4 Å². The van der Waals surface area contributed by atoms with Crippen molar-refractivity contribution in [2.75, 3.05) is 0 Å². The number of fused-ring (bicyclic) bond motifs is 2. The first-order valence-electron chi connectivity index (χ1n) is 5.92. The molecule has 18 heavy (non-hydrogen) atoms. The highest BCUT2D eigenvalue weighted by Crippen LogP contribution is 2.27. The van der Waals surface area contributed by atoms with E-state index in [1.165, 1.54) is 5.57 Å². The quantitative estimate of drug-likeness (QED) is 0.798. The first kappa shape index (κ1) is 10.9. The van der Waals surface area contributed by atoms with E-state index < -0.39 is 0 Å². The molecule has 3 rings (SSSR count). The van der Waals surface area contributed by atoms with Crippen LogP contribution in [0.5, 0.6) is 11.5 Å². The highest BCUT2D eigenvalue weighted by atomic mass is 16.5. The van der Waals surface area contributed by atoms with E-state index in [-0.39, 0.29) is 5.75 Å². The summed E-state index contributed by atoms with van der Waals surface area (Å²) < 4.78 is 5.41. The molecule has 0 spiro atoms. The SMILES string of the molecule is C=C(C)Oc1cc2c(cc1O)=C1C=CC=CC1C=2. The molecule has 0 heterocycles. The van der Waals surface area contributed by atoms with Gasteiger partial charge in [0.2, 0.25) is 0 Å². The van der Waals surface area contributed by atoms with Crippen LogP contribution >= 0.6 is 0 Å². The predicted molar refractivity (Wildman–Crippen MR) is 72.4 cm³/mol. The maximum atomic E-state index is 9.98. The van der Waals surface area contributed by atoms with Gasteiger partial charge in [0.15, 0.2) is 11.5 Å². The first-order chi connectivity index (χ1) is 8.65. The van der Waals surface area contributed by atoms with Crippen LogP contribution in [0.4, 0.5) is 0 Å². The fraction of sp³-hybridized carbons (Fsp3) is 0.125. The van der Waals surface area contributed by atoms with Crippen molar-refractivity contribution in [2.24, 2.45) is 5.92 Å². The van der Waals surface area contributed by atoms with Crippen LogP contribution in [-0.2, 0) is 0 Å². The average Bonchev–Trinajstić information content (AvgIpc) is 2.67. The van der Waals surface area contributed by atoms with Gasteiger partial charge in [0, 0.05) is 5.92 Å². The molecule has 2 heteroatoms. The van der Waals surface area contributed by atoms with E-state index in [0.717, 1.165) is 10.4 Å². The standard InChI is InChI=1S/C16H14O2/c1-10(2)18-16-8-12-7-11-5-3-4-6-13(11)14(12)9-15(16)17/h3-9,11,17H,1H2,2H3. The Hall–Kier alpha value is -2.22. The number of hydrogen-bond donors (Lipinski definition) is 1. The largest absolute Gasteiger partial charge is 0.504 e. The maximum absolute atomic E-state index is 9.98. The van der Waals surface area contributed by atoms with Gasteiger partial charge in [0.1, 0.15) is 0 Å². The molecular weight excluding hydrogens is 224 g/mol. The van der Waals surface area contributed by atoms with Gasteiger partial charge in [0.05, 0.1) is 5.76 Å². The van der Waals surface area contributed by atoms with Gasteiger partial charge in [-0.25, -0.2) is 0 Å². The molecule has 90 valence electrons. The van der Waals surface area contributed by atoms with Crippen molar-refractivity contribution in [3.63, 3.8) is 0 Å². The normalized spacial score (nSPS) is 19.2. The molecule has 0 radical (unpaired) electrons. The summed E-state index contributed by atoms with van der Waals surface area (Å²) in [6, 6.07) is 3.63. The first-order valence-corrected chi connectivity index (χ1v) is 5.92. The van der Waals surface area contributed by atoms with Gasteiger partial charge in [-0.1, -0.05) is 37.0 Å². The summed E-state index contributed by atoms with van der Waals surface area (Å²) >= 11 is 0. The van der Waals surface area contributed by atoms with E-state index in [9.17, 15) is 5.11 Å². The van der Waals surface area contributed by atoms with Crippen LogP contribution in [0.1, 0.15) is 6.92 Å². The molecule has 2 aliphatic rings. The molecule has 0 fully saturated rings. The van der Waals surface area contributed by atoms with Gasteiger partial charge < -0.3 is 9.84 Å². The molecule has 0 saturated carbocycles. The number of ether oxygens (including phenoxy) is 1. The minimum Gasteiger partial charge on any atom is -0.504 e. The molecule has 0 bridgehead atoms. The summed E-state index contributed by atoms with van der Waals surface area (Å²) in [6.45, 7) is 5.45. The third-order valence-electron chi connectivity index (χ3n) is 3.15. The number of allylic oxidation sites excluding steroid dienone is 5. The van der Waals surface area contributed by atoms with Crippen LogP contribution in [0.25, 0.3) is 11.6 Å². The number of aromatic hydroxyl groups is 1. The Kier molecular flexibility index (Phi) is 2.37. The summed E-state index contributed by atoms with van der Waals surface area (Å²) in [5.74, 6) is 1.49. The fourth-order valence-corrected chi connectivity index (χ4v) is 2.41. The average molecular weight is 238 g/mol. The zero-order valence-electron chi connectivity index (χ0n) is 10.2. The van der Waals surface area contributed by atoms with Gasteiger partial charge in [-0.05, 0) is 35.1 Å². The molecule has 1 aromatic carbocycles. The second-order valence-electron chi connectivity index (χ2n) is 4.60. The lowest BCUT2D eigenvalue weighted by molar-refractivity contribution is 0.383. The van der Waals surface area contributed by atoms with Crippen molar-refractivity contribution in [2.45, 2.75) is 6.92 Å². The molecule has 1 unspecified atom stereocenters. The van der Waals surface area contributed by atoms with Gasteiger partial charge >= 0.3 is 0 Å². The predicted octanol–water partition coefficient (Wildman–Crippen LogP) is 1.99. The Morgan fingerprint density at radius 1 is 1.33 bits per heavy atom. The van der Waals surface area contributed by atoms with Crippen molar-refractivity contribution in [3.05, 3.63) is 59.2 Å². The van der Waals surface area contributed by atoms with Crippen LogP contribution in [0, 0.1) is 5.92 Å². The Morgan fingerprint density at radius 2 is 2.17 bits per heavy atom. The maximum Gasteiger partial charge on any atom is 0.169 e. The Bertz CT molecular complexity index is 705. The van der Waals surface area contributed by atoms with Crippen LogP contribution in [0.3, 0.4) is 0 Å². The smallest absolute Gasteiger partial charge is 0.169 e. The van der Waals surface area contributed by atoms with Gasteiger partial charge in [-0.2, -0.15) is 0 Å². The minimum atomic E-state index is 0.154. The van der Waals surface area contributed by atoms with Crippen molar-refractivity contribution in [1.29, 1.82) is 0 Å². The number of rotatable bonds is 2. The zero-order valence-corrected chi connectivity index (χ0v) is 10.2.